The van der Waals surface area contributed by atoms with Crippen molar-refractivity contribution in [1.29, 1.82) is 0 Å². The van der Waals surface area contributed by atoms with Gasteiger partial charge in [-0.1, -0.05) is 35.9 Å². The Morgan fingerprint density at radius 2 is 2.14 bits per heavy atom. The number of hydrogen-bond donors (Lipinski definition) is 1. The second kappa shape index (κ2) is 5.25. The van der Waals surface area contributed by atoms with Crippen LogP contribution >= 0.6 is 23.2 Å². The van der Waals surface area contributed by atoms with Crippen LogP contribution in [0.5, 0.6) is 5.75 Å². The highest BCUT2D eigenvalue weighted by Gasteiger charge is 2.08. The molecule has 76 valence electrons. The third-order valence-electron chi connectivity index (χ3n) is 1.63. The second-order valence-electron chi connectivity index (χ2n) is 2.62. The van der Waals surface area contributed by atoms with Crippen molar-refractivity contribution in [2.24, 2.45) is 0 Å². The second-order valence-corrected chi connectivity index (χ2v) is 3.47. The first-order valence-corrected chi connectivity index (χ1v) is 4.77. The van der Waals surface area contributed by atoms with Gasteiger partial charge in [0, 0.05) is 10.6 Å². The smallest absolute Gasteiger partial charge is 0.128 e. The van der Waals surface area contributed by atoms with E-state index in [1.165, 1.54) is 0 Å². The predicted molar refractivity (Wildman–Crippen MR) is 58.1 cm³/mol. The topological polar surface area (TPSA) is 29.5 Å². The summed E-state index contributed by atoms with van der Waals surface area (Å²) in [7, 11) is 0. The molecule has 2 nitrogen and oxygen atoms in total. The molecule has 0 spiro atoms. The van der Waals surface area contributed by atoms with Crippen LogP contribution in [0.25, 0.3) is 0 Å². The Morgan fingerprint density at radius 3 is 2.71 bits per heavy atom. The lowest BCUT2D eigenvalue weighted by Crippen LogP contribution is -1.98. The summed E-state index contributed by atoms with van der Waals surface area (Å²) in [5.74, 6) is 0.491. The fraction of sp³-hybridized carbons (Fsp3) is 0.200. The molecule has 0 aromatic heterocycles. The quantitative estimate of drug-likeness (QED) is 0.810. The van der Waals surface area contributed by atoms with E-state index in [4.69, 9.17) is 33.0 Å². The van der Waals surface area contributed by atoms with Crippen LogP contribution in [0, 0.1) is 0 Å². The Hall–Kier alpha value is -0.700. The highest BCUT2D eigenvalue weighted by molar-refractivity contribution is 6.35. The van der Waals surface area contributed by atoms with Crippen LogP contribution in [0.3, 0.4) is 0 Å². The average Bonchev–Trinajstić information content (AvgIpc) is 2.14. The van der Waals surface area contributed by atoms with Crippen LogP contribution in [0.1, 0.15) is 5.56 Å². The standard InChI is InChI=1S/C10H10Cl2O2/c1-2-3-14-10-5-7(11)4-9(12)8(10)6-13/h2,4-5,13H,1,3,6H2. The molecule has 0 saturated carbocycles. The molecule has 14 heavy (non-hydrogen) atoms. The summed E-state index contributed by atoms with van der Waals surface area (Å²) in [5.41, 5.74) is 0.540. The van der Waals surface area contributed by atoms with Crippen molar-refractivity contribution in [2.45, 2.75) is 6.61 Å². The zero-order chi connectivity index (χ0) is 10.6. The first-order chi connectivity index (χ1) is 6.69. The van der Waals surface area contributed by atoms with Gasteiger partial charge >= 0.3 is 0 Å². The Bertz CT molecular complexity index is 337. The molecule has 0 fully saturated rings. The third-order valence-corrected chi connectivity index (χ3v) is 2.19. The van der Waals surface area contributed by atoms with Gasteiger partial charge in [0.2, 0.25) is 0 Å². The van der Waals surface area contributed by atoms with E-state index in [1.54, 1.807) is 18.2 Å². The fourth-order valence-electron chi connectivity index (χ4n) is 1.01. The molecule has 0 amide bonds. The van der Waals surface area contributed by atoms with E-state index >= 15 is 0 Å². The van der Waals surface area contributed by atoms with Crippen LogP contribution in [0.4, 0.5) is 0 Å². The van der Waals surface area contributed by atoms with Crippen LogP contribution in [0.2, 0.25) is 10.0 Å². The number of rotatable bonds is 4. The largest absolute Gasteiger partial charge is 0.489 e. The number of aliphatic hydroxyl groups is 1. The summed E-state index contributed by atoms with van der Waals surface area (Å²) in [4.78, 5) is 0. The van der Waals surface area contributed by atoms with Crippen LogP contribution in [0.15, 0.2) is 24.8 Å². The molecule has 0 radical (unpaired) electrons. The lowest BCUT2D eigenvalue weighted by atomic mass is 10.2. The number of hydrogen-bond acceptors (Lipinski definition) is 2. The summed E-state index contributed by atoms with van der Waals surface area (Å²) < 4.78 is 5.29. The number of aliphatic hydroxyl groups excluding tert-OH is 1. The summed E-state index contributed by atoms with van der Waals surface area (Å²) in [6.45, 7) is 3.70. The Morgan fingerprint density at radius 1 is 1.43 bits per heavy atom. The number of benzene rings is 1. The minimum Gasteiger partial charge on any atom is -0.489 e. The highest BCUT2D eigenvalue weighted by atomic mass is 35.5. The molecule has 0 bridgehead atoms. The highest BCUT2D eigenvalue weighted by Crippen LogP contribution is 2.30. The molecule has 1 aromatic rings. The molecule has 1 N–H and O–H groups in total. The molecule has 0 aliphatic heterocycles. The van der Waals surface area contributed by atoms with Crippen molar-refractivity contribution in [3.05, 3.63) is 40.4 Å². The lowest BCUT2D eigenvalue weighted by Gasteiger charge is -2.10. The van der Waals surface area contributed by atoms with Crippen LogP contribution < -0.4 is 4.74 Å². The SMILES string of the molecule is C=CCOc1cc(Cl)cc(Cl)c1CO. The van der Waals surface area contributed by atoms with Crippen molar-refractivity contribution in [1.82, 2.24) is 0 Å². The van der Waals surface area contributed by atoms with Gasteiger partial charge in [0.05, 0.1) is 11.6 Å². The van der Waals surface area contributed by atoms with Gasteiger partial charge in [0.1, 0.15) is 12.4 Å². The van der Waals surface area contributed by atoms with E-state index in [0.29, 0.717) is 28.0 Å². The molecule has 4 heteroatoms. The molecule has 0 aliphatic rings. The molecule has 0 aliphatic carbocycles. The van der Waals surface area contributed by atoms with Crippen molar-refractivity contribution in [3.63, 3.8) is 0 Å². The van der Waals surface area contributed by atoms with Gasteiger partial charge < -0.3 is 9.84 Å². The summed E-state index contributed by atoms with van der Waals surface area (Å²) >= 11 is 11.6. The molecule has 0 heterocycles. The average molecular weight is 233 g/mol. The van der Waals surface area contributed by atoms with Gasteiger partial charge in [0.25, 0.3) is 0 Å². The van der Waals surface area contributed by atoms with Gasteiger partial charge in [-0.05, 0) is 12.1 Å². The first kappa shape index (κ1) is 11.4. The molecule has 0 atom stereocenters. The fourth-order valence-corrected chi connectivity index (χ4v) is 1.55. The van der Waals surface area contributed by atoms with Gasteiger partial charge in [0.15, 0.2) is 0 Å². The van der Waals surface area contributed by atoms with Crippen LogP contribution in [-0.4, -0.2) is 11.7 Å². The number of halogens is 2. The van der Waals surface area contributed by atoms with Crippen molar-refractivity contribution in [2.75, 3.05) is 6.61 Å². The van der Waals surface area contributed by atoms with Crippen molar-refractivity contribution < 1.29 is 9.84 Å². The van der Waals surface area contributed by atoms with E-state index in [9.17, 15) is 0 Å². The Balaban J connectivity index is 3.04. The minimum absolute atomic E-state index is 0.178. The molecule has 0 saturated heterocycles. The normalized spacial score (nSPS) is 9.93. The first-order valence-electron chi connectivity index (χ1n) is 4.01. The van der Waals surface area contributed by atoms with E-state index in [0.717, 1.165) is 0 Å². The van der Waals surface area contributed by atoms with Gasteiger partial charge in [-0.25, -0.2) is 0 Å². The zero-order valence-electron chi connectivity index (χ0n) is 7.46. The minimum atomic E-state index is -0.178. The van der Waals surface area contributed by atoms with Crippen molar-refractivity contribution in [3.8, 4) is 5.75 Å². The molecule has 1 rings (SSSR count). The van der Waals surface area contributed by atoms with Gasteiger partial charge in [-0.3, -0.25) is 0 Å². The summed E-state index contributed by atoms with van der Waals surface area (Å²) in [6, 6.07) is 3.18. The zero-order valence-corrected chi connectivity index (χ0v) is 8.98. The van der Waals surface area contributed by atoms with Crippen LogP contribution in [-0.2, 0) is 6.61 Å². The predicted octanol–water partition coefficient (Wildman–Crippen LogP) is 3.05. The summed E-state index contributed by atoms with van der Waals surface area (Å²) in [6.07, 6.45) is 1.61. The molecule has 1 aromatic carbocycles. The van der Waals surface area contributed by atoms with E-state index in [2.05, 4.69) is 6.58 Å². The Kier molecular flexibility index (Phi) is 4.26. The molecular formula is C10H10Cl2O2. The third kappa shape index (κ3) is 2.64. The van der Waals surface area contributed by atoms with Gasteiger partial charge in [-0.15, -0.1) is 0 Å². The lowest BCUT2D eigenvalue weighted by molar-refractivity contribution is 0.270. The van der Waals surface area contributed by atoms with Gasteiger partial charge in [-0.2, -0.15) is 0 Å². The van der Waals surface area contributed by atoms with Crippen molar-refractivity contribution >= 4 is 23.2 Å². The maximum Gasteiger partial charge on any atom is 0.128 e. The van der Waals surface area contributed by atoms with E-state index in [1.807, 2.05) is 0 Å². The molecule has 0 unspecified atom stereocenters. The monoisotopic (exact) mass is 232 g/mol. The maximum absolute atomic E-state index is 9.06. The Labute approximate surface area is 92.7 Å². The summed E-state index contributed by atoms with van der Waals surface area (Å²) in [5, 5.41) is 9.94. The number of ether oxygens (including phenoxy) is 1. The molecular weight excluding hydrogens is 223 g/mol. The van der Waals surface area contributed by atoms with E-state index in [-0.39, 0.29) is 6.61 Å². The maximum atomic E-state index is 9.06. The van der Waals surface area contributed by atoms with E-state index < -0.39 is 0 Å².